The fraction of sp³-hybridized carbons (Fsp3) is 0.125. The Morgan fingerprint density at radius 1 is 1.43 bits per heavy atom. The van der Waals surface area contributed by atoms with Crippen molar-refractivity contribution in [3.05, 3.63) is 20.6 Å². The fourth-order valence-corrected chi connectivity index (χ4v) is 1.79. The fourth-order valence-electron chi connectivity index (χ4n) is 0.904. The summed E-state index contributed by atoms with van der Waals surface area (Å²) in [6, 6.07) is 1.24. The molecule has 0 aromatic heterocycles. The Bertz CT molecular complexity index is 389. The smallest absolute Gasteiger partial charge is 0.337 e. The molecule has 0 unspecified atom stereocenters. The number of phenolic OH excluding ortho intramolecular Hbond substituents is 1. The molecule has 1 rings (SSSR count). The quantitative estimate of drug-likeness (QED) is 0.877. The Morgan fingerprint density at radius 3 is 2.43 bits per heavy atom. The van der Waals surface area contributed by atoms with Gasteiger partial charge in [0.1, 0.15) is 0 Å². The highest BCUT2D eigenvalue weighted by molar-refractivity contribution is 9.13. The summed E-state index contributed by atoms with van der Waals surface area (Å²) in [5, 5.41) is 18.3. The van der Waals surface area contributed by atoms with E-state index >= 15 is 0 Å². The van der Waals surface area contributed by atoms with Crippen molar-refractivity contribution < 1.29 is 19.7 Å². The molecule has 0 saturated carbocycles. The van der Waals surface area contributed by atoms with E-state index in [1.54, 1.807) is 0 Å². The SMILES string of the molecule is COc1cc(C(=O)O)c(Br)c(Br)c1O. The summed E-state index contributed by atoms with van der Waals surface area (Å²) in [5.74, 6) is -1.13. The topological polar surface area (TPSA) is 66.8 Å². The molecule has 1 aromatic carbocycles. The van der Waals surface area contributed by atoms with E-state index in [1.165, 1.54) is 13.2 Å². The van der Waals surface area contributed by atoms with Crippen LogP contribution in [-0.4, -0.2) is 23.3 Å². The van der Waals surface area contributed by atoms with Crippen LogP contribution in [0.1, 0.15) is 10.4 Å². The van der Waals surface area contributed by atoms with Gasteiger partial charge >= 0.3 is 5.97 Å². The molecule has 1 aromatic rings. The zero-order valence-electron chi connectivity index (χ0n) is 7.04. The largest absolute Gasteiger partial charge is 0.503 e. The molecule has 0 atom stereocenters. The van der Waals surface area contributed by atoms with Crippen LogP contribution < -0.4 is 4.74 Å². The number of ether oxygens (including phenoxy) is 1. The second-order valence-corrected chi connectivity index (χ2v) is 3.99. The third-order valence-corrected chi connectivity index (χ3v) is 3.72. The monoisotopic (exact) mass is 324 g/mol. The van der Waals surface area contributed by atoms with Gasteiger partial charge in [0.2, 0.25) is 0 Å². The van der Waals surface area contributed by atoms with Gasteiger partial charge < -0.3 is 14.9 Å². The minimum absolute atomic E-state index is 0.0199. The van der Waals surface area contributed by atoms with Crippen molar-refractivity contribution in [3.8, 4) is 11.5 Å². The summed E-state index contributed by atoms with van der Waals surface area (Å²) in [4.78, 5) is 10.8. The first-order valence-electron chi connectivity index (χ1n) is 3.47. The van der Waals surface area contributed by atoms with Crippen molar-refractivity contribution >= 4 is 37.8 Å². The van der Waals surface area contributed by atoms with Crippen molar-refractivity contribution in [2.24, 2.45) is 0 Å². The third kappa shape index (κ3) is 1.85. The van der Waals surface area contributed by atoms with Crippen LogP contribution in [-0.2, 0) is 0 Å². The zero-order chi connectivity index (χ0) is 10.9. The molecule has 76 valence electrons. The van der Waals surface area contributed by atoms with E-state index in [-0.39, 0.29) is 26.0 Å². The molecule has 0 aliphatic carbocycles. The van der Waals surface area contributed by atoms with E-state index in [0.29, 0.717) is 0 Å². The van der Waals surface area contributed by atoms with Crippen LogP contribution in [0.25, 0.3) is 0 Å². The molecule has 14 heavy (non-hydrogen) atoms. The Hall–Kier alpha value is -0.750. The van der Waals surface area contributed by atoms with Crippen molar-refractivity contribution in [1.29, 1.82) is 0 Å². The standard InChI is InChI=1S/C8H6Br2O4/c1-14-4-2-3(8(12)13)5(9)6(10)7(4)11/h2,11H,1H3,(H,12,13). The van der Waals surface area contributed by atoms with Crippen LogP contribution in [0.3, 0.4) is 0 Å². The molecule has 0 spiro atoms. The summed E-state index contributed by atoms with van der Waals surface area (Å²) in [6.07, 6.45) is 0. The van der Waals surface area contributed by atoms with Gasteiger partial charge in [-0.1, -0.05) is 0 Å². The Morgan fingerprint density at radius 2 is 2.00 bits per heavy atom. The molecule has 4 nitrogen and oxygen atoms in total. The number of hydrogen-bond acceptors (Lipinski definition) is 3. The summed E-state index contributed by atoms with van der Waals surface area (Å²) in [6.45, 7) is 0. The van der Waals surface area contributed by atoms with Gasteiger partial charge in [0.25, 0.3) is 0 Å². The molecule has 0 aliphatic heterocycles. The van der Waals surface area contributed by atoms with Gasteiger partial charge in [-0.15, -0.1) is 0 Å². The lowest BCUT2D eigenvalue weighted by Crippen LogP contribution is -1.99. The van der Waals surface area contributed by atoms with E-state index in [2.05, 4.69) is 31.9 Å². The number of aromatic carboxylic acids is 1. The number of carbonyl (C=O) groups is 1. The average Bonchev–Trinajstić information content (AvgIpc) is 2.14. The van der Waals surface area contributed by atoms with Gasteiger partial charge in [-0.2, -0.15) is 0 Å². The molecule has 0 fully saturated rings. The van der Waals surface area contributed by atoms with E-state index in [0.717, 1.165) is 0 Å². The van der Waals surface area contributed by atoms with E-state index in [9.17, 15) is 9.90 Å². The van der Waals surface area contributed by atoms with Crippen LogP contribution in [0, 0.1) is 0 Å². The number of hydrogen-bond donors (Lipinski definition) is 2. The molecule has 0 amide bonds. The first kappa shape index (κ1) is 11.3. The summed E-state index contributed by atoms with van der Waals surface area (Å²) in [7, 11) is 1.35. The van der Waals surface area contributed by atoms with Crippen molar-refractivity contribution in [2.75, 3.05) is 7.11 Å². The van der Waals surface area contributed by atoms with Crippen LogP contribution in [0.4, 0.5) is 0 Å². The number of aromatic hydroxyl groups is 1. The summed E-state index contributed by atoms with van der Waals surface area (Å²) < 4.78 is 5.35. The lowest BCUT2D eigenvalue weighted by molar-refractivity contribution is 0.0695. The van der Waals surface area contributed by atoms with E-state index < -0.39 is 5.97 Å². The molecular weight excluding hydrogens is 320 g/mol. The lowest BCUT2D eigenvalue weighted by atomic mass is 10.2. The van der Waals surface area contributed by atoms with E-state index in [1.807, 2.05) is 0 Å². The summed E-state index contributed by atoms with van der Waals surface area (Å²) in [5.41, 5.74) is 0.0199. The van der Waals surface area contributed by atoms with Gasteiger partial charge in [0.05, 0.1) is 21.6 Å². The van der Waals surface area contributed by atoms with E-state index in [4.69, 9.17) is 9.84 Å². The van der Waals surface area contributed by atoms with Crippen molar-refractivity contribution in [1.82, 2.24) is 0 Å². The third-order valence-electron chi connectivity index (χ3n) is 1.60. The minimum atomic E-state index is -1.10. The van der Waals surface area contributed by atoms with Gasteiger partial charge in [0.15, 0.2) is 11.5 Å². The second kappa shape index (κ2) is 4.18. The number of benzene rings is 1. The molecule has 0 saturated heterocycles. The number of rotatable bonds is 2. The number of carboxylic acid groups (broad SMARTS) is 1. The first-order valence-corrected chi connectivity index (χ1v) is 5.06. The van der Waals surface area contributed by atoms with Gasteiger partial charge in [-0.3, -0.25) is 0 Å². The van der Waals surface area contributed by atoms with Crippen molar-refractivity contribution in [2.45, 2.75) is 0 Å². The Labute approximate surface area is 96.8 Å². The predicted octanol–water partition coefficient (Wildman–Crippen LogP) is 2.62. The summed E-state index contributed by atoms with van der Waals surface area (Å²) >= 11 is 6.10. The Kier molecular flexibility index (Phi) is 3.38. The maximum absolute atomic E-state index is 10.8. The number of carboxylic acids is 1. The maximum atomic E-state index is 10.8. The number of phenols is 1. The predicted molar refractivity (Wildman–Crippen MR) is 57.0 cm³/mol. The molecular formula is C8H6Br2O4. The highest BCUT2D eigenvalue weighted by atomic mass is 79.9. The van der Waals surface area contributed by atoms with Crippen LogP contribution in [0.15, 0.2) is 15.0 Å². The molecule has 0 radical (unpaired) electrons. The number of halogens is 2. The first-order chi connectivity index (χ1) is 6.49. The van der Waals surface area contributed by atoms with Crippen molar-refractivity contribution in [3.63, 3.8) is 0 Å². The van der Waals surface area contributed by atoms with Gasteiger partial charge in [-0.05, 0) is 37.9 Å². The van der Waals surface area contributed by atoms with Crippen LogP contribution in [0.2, 0.25) is 0 Å². The second-order valence-electron chi connectivity index (χ2n) is 2.41. The molecule has 0 aliphatic rings. The Balaban J connectivity index is 3.48. The van der Waals surface area contributed by atoms with Gasteiger partial charge in [-0.25, -0.2) is 4.79 Å². The molecule has 0 bridgehead atoms. The lowest BCUT2D eigenvalue weighted by Gasteiger charge is -2.09. The normalized spacial score (nSPS) is 9.93. The van der Waals surface area contributed by atoms with Crippen LogP contribution in [0.5, 0.6) is 11.5 Å². The molecule has 2 N–H and O–H groups in total. The minimum Gasteiger partial charge on any atom is -0.503 e. The molecule has 0 heterocycles. The molecule has 6 heteroatoms. The van der Waals surface area contributed by atoms with Gasteiger partial charge in [0, 0.05) is 0 Å². The highest BCUT2D eigenvalue weighted by Crippen LogP contribution is 2.41. The highest BCUT2D eigenvalue weighted by Gasteiger charge is 2.18. The maximum Gasteiger partial charge on any atom is 0.337 e. The zero-order valence-corrected chi connectivity index (χ0v) is 10.2. The average molecular weight is 326 g/mol. The number of methoxy groups -OCH3 is 1. The van der Waals surface area contributed by atoms with Crippen LogP contribution >= 0.6 is 31.9 Å².